The second kappa shape index (κ2) is 9.19. The molecule has 0 aliphatic carbocycles. The van der Waals surface area contributed by atoms with Gasteiger partial charge in [-0.05, 0) is 45.5 Å². The van der Waals surface area contributed by atoms with Crippen LogP contribution in [-0.4, -0.2) is 81.5 Å². The molecule has 3 heterocycles. The Labute approximate surface area is 197 Å². The number of H-pyrrole nitrogens is 1. The fourth-order valence-electron chi connectivity index (χ4n) is 4.87. The molecule has 2 aromatic rings. The normalized spacial score (nSPS) is 22.4. The van der Waals surface area contributed by atoms with Gasteiger partial charge in [0.2, 0.25) is 17.7 Å². The van der Waals surface area contributed by atoms with E-state index >= 15 is 0 Å². The van der Waals surface area contributed by atoms with Crippen molar-refractivity contribution in [2.45, 2.75) is 57.5 Å². The van der Waals surface area contributed by atoms with Crippen LogP contribution in [0.25, 0.3) is 16.5 Å². The molecule has 0 saturated carbocycles. The van der Waals surface area contributed by atoms with Crippen LogP contribution in [0.3, 0.4) is 0 Å². The van der Waals surface area contributed by atoms with Gasteiger partial charge in [-0.3, -0.25) is 14.4 Å². The monoisotopic (exact) mass is 471 g/mol. The summed E-state index contributed by atoms with van der Waals surface area (Å²) in [6.07, 6.45) is 2.89. The minimum atomic E-state index is -1.14. The third-order valence-electron chi connectivity index (χ3n) is 6.79. The summed E-state index contributed by atoms with van der Waals surface area (Å²) in [5.41, 5.74) is 2.15. The lowest BCUT2D eigenvalue weighted by atomic mass is 9.96. The molecule has 0 radical (unpaired) electrons. The molecule has 5 unspecified atom stereocenters. The Balaban J connectivity index is 1.71. The first-order valence-electron chi connectivity index (χ1n) is 11.4. The number of hydrogen-bond acceptors (Lipinski definition) is 5. The number of likely N-dealkylation sites (tertiary alicyclic amines) is 1. The molecule has 2 aliphatic heterocycles. The summed E-state index contributed by atoms with van der Waals surface area (Å²) in [7, 11) is 1.63. The van der Waals surface area contributed by atoms with Gasteiger partial charge in [0, 0.05) is 47.9 Å². The summed E-state index contributed by atoms with van der Waals surface area (Å²) >= 11 is 0. The number of aromatic nitrogens is 1. The van der Waals surface area contributed by atoms with Gasteiger partial charge in [0.15, 0.2) is 0 Å². The van der Waals surface area contributed by atoms with E-state index in [1.807, 2.05) is 0 Å². The van der Waals surface area contributed by atoms with Crippen molar-refractivity contribution in [2.75, 3.05) is 13.6 Å². The number of benzene rings is 1. The van der Waals surface area contributed by atoms with Gasteiger partial charge in [0.1, 0.15) is 11.9 Å². The maximum absolute atomic E-state index is 14.0. The minimum absolute atomic E-state index is 0.159. The van der Waals surface area contributed by atoms with E-state index in [0.717, 1.165) is 5.52 Å². The zero-order valence-corrected chi connectivity index (χ0v) is 19.6. The number of nitrogens with one attached hydrogen (secondary N) is 3. The average Bonchev–Trinajstić information content (AvgIpc) is 3.49. The molecule has 0 spiro atoms. The maximum atomic E-state index is 14.0. The van der Waals surface area contributed by atoms with Crippen LogP contribution in [0, 0.1) is 5.82 Å². The Morgan fingerprint density at radius 2 is 2.00 bits per heavy atom. The highest BCUT2D eigenvalue weighted by molar-refractivity contribution is 5.98. The van der Waals surface area contributed by atoms with Gasteiger partial charge < -0.3 is 30.5 Å². The minimum Gasteiger partial charge on any atom is -0.391 e. The number of amides is 3. The largest absolute Gasteiger partial charge is 0.391 e. The van der Waals surface area contributed by atoms with Crippen molar-refractivity contribution in [3.63, 3.8) is 0 Å². The van der Waals surface area contributed by atoms with E-state index in [1.54, 1.807) is 42.2 Å². The smallest absolute Gasteiger partial charge is 0.248 e. The lowest BCUT2D eigenvalue weighted by Gasteiger charge is -2.32. The summed E-state index contributed by atoms with van der Waals surface area (Å²) in [6, 6.07) is 1.97. The van der Waals surface area contributed by atoms with Crippen LogP contribution in [0.2, 0.25) is 0 Å². The number of carbonyl (C=O) groups is 3. The summed E-state index contributed by atoms with van der Waals surface area (Å²) in [4.78, 5) is 44.8. The fraction of sp³-hybridized carbons (Fsp3) is 0.458. The number of carbonyl (C=O) groups excluding carboxylic acids is 3. The van der Waals surface area contributed by atoms with Gasteiger partial charge in [0.05, 0.1) is 24.2 Å². The molecule has 4 rings (SSSR count). The van der Waals surface area contributed by atoms with Gasteiger partial charge in [0.25, 0.3) is 0 Å². The van der Waals surface area contributed by atoms with Gasteiger partial charge in [-0.25, -0.2) is 4.39 Å². The number of nitrogens with zero attached hydrogens (tertiary/aromatic N) is 2. The quantitative estimate of drug-likeness (QED) is 0.501. The Bertz CT molecular complexity index is 1160. The lowest BCUT2D eigenvalue weighted by molar-refractivity contribution is -0.140. The van der Waals surface area contributed by atoms with E-state index in [0.29, 0.717) is 29.5 Å². The third kappa shape index (κ3) is 4.07. The molecule has 3 amide bonds. The van der Waals surface area contributed by atoms with Crippen molar-refractivity contribution in [3.05, 3.63) is 42.0 Å². The zero-order valence-electron chi connectivity index (χ0n) is 19.6. The highest BCUT2D eigenvalue weighted by atomic mass is 19.1. The van der Waals surface area contributed by atoms with Crippen molar-refractivity contribution >= 4 is 34.2 Å². The molecular formula is C24H30FN5O4. The summed E-state index contributed by atoms with van der Waals surface area (Å²) in [5, 5.41) is 16.5. The predicted molar refractivity (Wildman–Crippen MR) is 125 cm³/mol. The van der Waals surface area contributed by atoms with Crippen LogP contribution < -0.4 is 10.6 Å². The van der Waals surface area contributed by atoms with Crippen molar-refractivity contribution in [1.82, 2.24) is 25.4 Å². The molecule has 0 bridgehead atoms. The Morgan fingerprint density at radius 3 is 2.65 bits per heavy atom. The molecular weight excluding hydrogens is 441 g/mol. The van der Waals surface area contributed by atoms with E-state index in [1.165, 1.54) is 26.0 Å². The molecule has 1 aromatic carbocycles. The number of hydrogen-bond donors (Lipinski definition) is 4. The van der Waals surface area contributed by atoms with Crippen molar-refractivity contribution in [2.24, 2.45) is 0 Å². The van der Waals surface area contributed by atoms with Gasteiger partial charge in [-0.15, -0.1) is 0 Å². The van der Waals surface area contributed by atoms with Gasteiger partial charge in [-0.1, -0.05) is 0 Å². The van der Waals surface area contributed by atoms with Crippen LogP contribution in [-0.2, 0) is 14.4 Å². The number of fused-ring (bicyclic) bond motifs is 2. The molecule has 1 aromatic heterocycles. The number of aliphatic hydroxyl groups excluding tert-OH is 1. The first-order valence-corrected chi connectivity index (χ1v) is 11.4. The van der Waals surface area contributed by atoms with Crippen LogP contribution >= 0.6 is 0 Å². The average molecular weight is 472 g/mol. The Kier molecular flexibility index (Phi) is 6.46. The van der Waals surface area contributed by atoms with E-state index in [2.05, 4.69) is 15.6 Å². The Hall–Kier alpha value is -3.24. The van der Waals surface area contributed by atoms with E-state index in [-0.39, 0.29) is 17.8 Å². The topological polar surface area (TPSA) is 118 Å². The first-order chi connectivity index (χ1) is 16.1. The molecule has 9 nitrogen and oxygen atoms in total. The summed E-state index contributed by atoms with van der Waals surface area (Å²) in [5.74, 6) is -1.38. The van der Waals surface area contributed by atoms with E-state index < -0.39 is 36.0 Å². The van der Waals surface area contributed by atoms with E-state index in [4.69, 9.17) is 0 Å². The van der Waals surface area contributed by atoms with Crippen LogP contribution in [0.15, 0.2) is 30.6 Å². The molecule has 182 valence electrons. The molecule has 1 saturated heterocycles. The van der Waals surface area contributed by atoms with Gasteiger partial charge >= 0.3 is 0 Å². The SMILES string of the molecule is CNC(C)C(=O)NC(C(=O)N1CCC2C1C(c1c[nH]c3ccc(F)cc13)=CN2C(C)=O)C(C)O. The van der Waals surface area contributed by atoms with E-state index in [9.17, 15) is 23.9 Å². The van der Waals surface area contributed by atoms with Crippen molar-refractivity contribution < 1.29 is 23.9 Å². The van der Waals surface area contributed by atoms with Crippen molar-refractivity contribution in [3.8, 4) is 0 Å². The maximum Gasteiger partial charge on any atom is 0.248 e. The number of likely N-dealkylation sites (N-methyl/N-ethyl adjacent to an activating group) is 1. The molecule has 1 fully saturated rings. The number of rotatable bonds is 6. The summed E-state index contributed by atoms with van der Waals surface area (Å²) < 4.78 is 14.0. The highest BCUT2D eigenvalue weighted by Crippen LogP contribution is 2.42. The second-order valence-electron chi connectivity index (χ2n) is 8.97. The number of aliphatic hydroxyl groups is 1. The van der Waals surface area contributed by atoms with Gasteiger partial charge in [-0.2, -0.15) is 0 Å². The third-order valence-corrected chi connectivity index (χ3v) is 6.79. The zero-order chi connectivity index (χ0) is 24.7. The molecule has 4 N–H and O–H groups in total. The molecule has 10 heteroatoms. The predicted octanol–water partition coefficient (Wildman–Crippen LogP) is 0.953. The fourth-order valence-corrected chi connectivity index (χ4v) is 4.87. The molecule has 34 heavy (non-hydrogen) atoms. The highest BCUT2D eigenvalue weighted by Gasteiger charge is 2.49. The standard InChI is InChI=1S/C24H30FN5O4/c1-12(26-4)23(33)28-21(13(2)31)24(34)29-8-7-20-22(29)18(11-30(20)14(3)32)17-10-27-19-6-5-15(25)9-16(17)19/h5-6,9-13,20-22,26-27,31H,7-8H2,1-4H3,(H,28,33). The number of halogens is 1. The van der Waals surface area contributed by atoms with Crippen LogP contribution in [0.1, 0.15) is 32.8 Å². The first kappa shape index (κ1) is 23.9. The van der Waals surface area contributed by atoms with Crippen molar-refractivity contribution in [1.29, 1.82) is 0 Å². The van der Waals surface area contributed by atoms with Crippen LogP contribution in [0.4, 0.5) is 4.39 Å². The summed E-state index contributed by atoms with van der Waals surface area (Å²) in [6.45, 7) is 4.93. The molecule has 2 aliphatic rings. The Morgan fingerprint density at radius 1 is 1.26 bits per heavy atom. The molecule has 5 atom stereocenters. The number of aromatic amines is 1. The second-order valence-corrected chi connectivity index (χ2v) is 8.97. The van der Waals surface area contributed by atoms with Crippen LogP contribution in [0.5, 0.6) is 0 Å². The lowest BCUT2D eigenvalue weighted by Crippen LogP contribution is -2.58.